The molecule has 2 atom stereocenters. The highest BCUT2D eigenvalue weighted by Gasteiger charge is 2.25. The standard InChI is InChI=1S/C11H23N3/c12-8-1-4-10(5-2-8)14-11-6-3-9(13)7-11/h8-11,14H,1-7,12-13H2. The zero-order valence-corrected chi connectivity index (χ0v) is 8.91. The van der Waals surface area contributed by atoms with Crippen LogP contribution in [0.1, 0.15) is 44.9 Å². The molecule has 2 aliphatic rings. The molecule has 5 N–H and O–H groups in total. The molecule has 2 saturated carbocycles. The van der Waals surface area contributed by atoms with Crippen LogP contribution in [-0.4, -0.2) is 24.2 Å². The van der Waals surface area contributed by atoms with Gasteiger partial charge in [-0.15, -0.1) is 0 Å². The van der Waals surface area contributed by atoms with Gasteiger partial charge in [0.05, 0.1) is 0 Å². The van der Waals surface area contributed by atoms with Gasteiger partial charge >= 0.3 is 0 Å². The van der Waals surface area contributed by atoms with Gasteiger partial charge in [0.15, 0.2) is 0 Å². The van der Waals surface area contributed by atoms with Crippen LogP contribution in [0.5, 0.6) is 0 Å². The van der Waals surface area contributed by atoms with E-state index in [-0.39, 0.29) is 0 Å². The summed E-state index contributed by atoms with van der Waals surface area (Å²) in [5.41, 5.74) is 11.8. The van der Waals surface area contributed by atoms with E-state index in [0.717, 1.165) is 0 Å². The van der Waals surface area contributed by atoms with Crippen LogP contribution < -0.4 is 16.8 Å². The van der Waals surface area contributed by atoms with Crippen LogP contribution in [0.3, 0.4) is 0 Å². The van der Waals surface area contributed by atoms with Crippen LogP contribution in [0.4, 0.5) is 0 Å². The lowest BCUT2D eigenvalue weighted by atomic mass is 9.91. The van der Waals surface area contributed by atoms with Crippen molar-refractivity contribution in [3.05, 3.63) is 0 Å². The second-order valence-corrected chi connectivity index (χ2v) is 5.05. The monoisotopic (exact) mass is 197 g/mol. The van der Waals surface area contributed by atoms with E-state index in [1.54, 1.807) is 0 Å². The lowest BCUT2D eigenvalue weighted by molar-refractivity contribution is 0.314. The fourth-order valence-electron chi connectivity index (χ4n) is 2.79. The summed E-state index contributed by atoms with van der Waals surface area (Å²) in [5.74, 6) is 0. The predicted octanol–water partition coefficient (Wildman–Crippen LogP) is 0.726. The van der Waals surface area contributed by atoms with Gasteiger partial charge in [-0.3, -0.25) is 0 Å². The summed E-state index contributed by atoms with van der Waals surface area (Å²) < 4.78 is 0. The Morgan fingerprint density at radius 1 is 0.714 bits per heavy atom. The number of rotatable bonds is 2. The Morgan fingerprint density at radius 2 is 1.29 bits per heavy atom. The van der Waals surface area contributed by atoms with Crippen LogP contribution in [-0.2, 0) is 0 Å². The lowest BCUT2D eigenvalue weighted by Crippen LogP contribution is -2.42. The van der Waals surface area contributed by atoms with E-state index in [9.17, 15) is 0 Å². The third-order valence-corrected chi connectivity index (χ3v) is 3.72. The molecule has 0 radical (unpaired) electrons. The summed E-state index contributed by atoms with van der Waals surface area (Å²) in [5, 5.41) is 3.73. The second kappa shape index (κ2) is 4.60. The largest absolute Gasteiger partial charge is 0.328 e. The number of hydrogen-bond donors (Lipinski definition) is 3. The van der Waals surface area contributed by atoms with E-state index in [2.05, 4.69) is 5.32 Å². The minimum atomic E-state index is 0.443. The minimum Gasteiger partial charge on any atom is -0.328 e. The van der Waals surface area contributed by atoms with Gasteiger partial charge in [-0.25, -0.2) is 0 Å². The molecule has 2 fully saturated rings. The molecule has 14 heavy (non-hydrogen) atoms. The first kappa shape index (κ1) is 10.4. The van der Waals surface area contributed by atoms with Crippen molar-refractivity contribution in [2.75, 3.05) is 0 Å². The van der Waals surface area contributed by atoms with Crippen LogP contribution in [0.2, 0.25) is 0 Å². The molecule has 0 aromatic carbocycles. The number of nitrogens with one attached hydrogen (secondary N) is 1. The van der Waals surface area contributed by atoms with Crippen molar-refractivity contribution < 1.29 is 0 Å². The average Bonchev–Trinajstić information content (AvgIpc) is 2.56. The number of hydrogen-bond acceptors (Lipinski definition) is 3. The van der Waals surface area contributed by atoms with Gasteiger partial charge in [-0.05, 0) is 44.9 Å². The topological polar surface area (TPSA) is 64.1 Å². The molecule has 0 spiro atoms. The summed E-state index contributed by atoms with van der Waals surface area (Å²) in [6.45, 7) is 0. The van der Waals surface area contributed by atoms with Crippen molar-refractivity contribution in [2.45, 2.75) is 69.1 Å². The Morgan fingerprint density at radius 3 is 1.86 bits per heavy atom. The lowest BCUT2D eigenvalue weighted by Gasteiger charge is -2.29. The highest BCUT2D eigenvalue weighted by Crippen LogP contribution is 2.22. The first-order valence-electron chi connectivity index (χ1n) is 6.01. The molecule has 3 heteroatoms. The quantitative estimate of drug-likeness (QED) is 0.611. The molecule has 3 nitrogen and oxygen atoms in total. The van der Waals surface area contributed by atoms with Gasteiger partial charge in [-0.2, -0.15) is 0 Å². The Bertz CT molecular complexity index is 175. The molecule has 2 unspecified atom stereocenters. The molecule has 2 rings (SSSR count). The van der Waals surface area contributed by atoms with Crippen molar-refractivity contribution in [3.8, 4) is 0 Å². The Hall–Kier alpha value is -0.120. The van der Waals surface area contributed by atoms with Crippen molar-refractivity contribution in [3.63, 3.8) is 0 Å². The summed E-state index contributed by atoms with van der Waals surface area (Å²) >= 11 is 0. The molecule has 0 aromatic rings. The molecule has 0 aromatic heterocycles. The van der Waals surface area contributed by atoms with Gasteiger partial charge < -0.3 is 16.8 Å². The smallest absolute Gasteiger partial charge is 0.00849 e. The van der Waals surface area contributed by atoms with Crippen molar-refractivity contribution in [1.29, 1.82) is 0 Å². The van der Waals surface area contributed by atoms with E-state index in [0.29, 0.717) is 24.2 Å². The van der Waals surface area contributed by atoms with Crippen molar-refractivity contribution in [1.82, 2.24) is 5.32 Å². The highest BCUT2D eigenvalue weighted by atomic mass is 15.0. The Labute approximate surface area is 86.6 Å². The first-order chi connectivity index (χ1) is 6.74. The van der Waals surface area contributed by atoms with Gasteiger partial charge in [0.25, 0.3) is 0 Å². The maximum Gasteiger partial charge on any atom is 0.00849 e. The summed E-state index contributed by atoms with van der Waals surface area (Å²) in [7, 11) is 0. The van der Waals surface area contributed by atoms with Gasteiger partial charge in [0.1, 0.15) is 0 Å². The van der Waals surface area contributed by atoms with Crippen molar-refractivity contribution in [2.24, 2.45) is 11.5 Å². The normalized spacial score (nSPS) is 44.1. The molecular weight excluding hydrogens is 174 g/mol. The van der Waals surface area contributed by atoms with Gasteiger partial charge in [0.2, 0.25) is 0 Å². The van der Waals surface area contributed by atoms with E-state index >= 15 is 0 Å². The van der Waals surface area contributed by atoms with Gasteiger partial charge in [-0.1, -0.05) is 0 Å². The van der Waals surface area contributed by atoms with Crippen molar-refractivity contribution >= 4 is 0 Å². The zero-order valence-electron chi connectivity index (χ0n) is 8.91. The van der Waals surface area contributed by atoms with Gasteiger partial charge in [0, 0.05) is 24.2 Å². The first-order valence-corrected chi connectivity index (χ1v) is 6.01. The number of nitrogens with two attached hydrogens (primary N) is 2. The van der Waals surface area contributed by atoms with E-state index in [1.807, 2.05) is 0 Å². The molecule has 0 heterocycles. The Kier molecular flexibility index (Phi) is 3.42. The third-order valence-electron chi connectivity index (χ3n) is 3.72. The molecule has 0 amide bonds. The van der Waals surface area contributed by atoms with Crippen LogP contribution in [0.15, 0.2) is 0 Å². The predicted molar refractivity (Wildman–Crippen MR) is 59.0 cm³/mol. The molecule has 0 bridgehead atoms. The molecule has 0 saturated heterocycles. The molecular formula is C11H23N3. The molecule has 2 aliphatic carbocycles. The van der Waals surface area contributed by atoms with Crippen LogP contribution in [0.25, 0.3) is 0 Å². The van der Waals surface area contributed by atoms with E-state index in [4.69, 9.17) is 11.5 Å². The van der Waals surface area contributed by atoms with E-state index in [1.165, 1.54) is 44.9 Å². The average molecular weight is 197 g/mol. The summed E-state index contributed by atoms with van der Waals surface area (Å²) in [6, 6.07) is 2.30. The minimum absolute atomic E-state index is 0.443. The summed E-state index contributed by atoms with van der Waals surface area (Å²) in [4.78, 5) is 0. The van der Waals surface area contributed by atoms with Crippen LogP contribution >= 0.6 is 0 Å². The zero-order chi connectivity index (χ0) is 9.97. The highest BCUT2D eigenvalue weighted by molar-refractivity contribution is 4.87. The van der Waals surface area contributed by atoms with E-state index < -0.39 is 0 Å². The fraction of sp³-hybridized carbons (Fsp3) is 1.00. The SMILES string of the molecule is NC1CCC(NC2CCC(N)C2)CC1. The maximum atomic E-state index is 5.89. The molecule has 82 valence electrons. The second-order valence-electron chi connectivity index (χ2n) is 5.05. The fourth-order valence-corrected chi connectivity index (χ4v) is 2.79. The molecule has 0 aliphatic heterocycles. The third kappa shape index (κ3) is 2.69. The van der Waals surface area contributed by atoms with Crippen LogP contribution in [0, 0.1) is 0 Å². The maximum absolute atomic E-state index is 5.89. The Balaban J connectivity index is 1.70. The summed E-state index contributed by atoms with van der Waals surface area (Å²) in [6.07, 6.45) is 8.53.